The van der Waals surface area contributed by atoms with Crippen molar-refractivity contribution in [1.29, 1.82) is 0 Å². The predicted octanol–water partition coefficient (Wildman–Crippen LogP) is 2.53. The van der Waals surface area contributed by atoms with E-state index in [-0.39, 0.29) is 17.9 Å². The molecule has 0 spiro atoms. The van der Waals surface area contributed by atoms with E-state index in [1.165, 1.54) is 5.06 Å². The Bertz CT molecular complexity index is 421. The van der Waals surface area contributed by atoms with Crippen LogP contribution >= 0.6 is 0 Å². The summed E-state index contributed by atoms with van der Waals surface area (Å²) in [7, 11) is 0. The van der Waals surface area contributed by atoms with Gasteiger partial charge >= 0.3 is 0 Å². The maximum atomic E-state index is 12.3. The molecular formula is C15H22N2O2. The van der Waals surface area contributed by atoms with Crippen molar-refractivity contribution in [3.8, 4) is 0 Å². The minimum atomic E-state index is 0.148. The molecule has 1 aromatic rings. The van der Waals surface area contributed by atoms with Crippen LogP contribution in [0.15, 0.2) is 30.3 Å². The fraction of sp³-hybridized carbons (Fsp3) is 0.533. The van der Waals surface area contributed by atoms with Gasteiger partial charge in [0.05, 0.1) is 0 Å². The number of anilines is 1. The molecule has 1 aliphatic heterocycles. The van der Waals surface area contributed by atoms with Gasteiger partial charge in [-0.2, -0.15) is 5.06 Å². The highest BCUT2D eigenvalue weighted by molar-refractivity contribution is 5.93. The molecule has 4 nitrogen and oxygen atoms in total. The van der Waals surface area contributed by atoms with Gasteiger partial charge in [0.2, 0.25) is 5.91 Å². The first-order chi connectivity index (χ1) is 9.13. The minimum Gasteiger partial charge on any atom is -0.314 e. The summed E-state index contributed by atoms with van der Waals surface area (Å²) in [4.78, 5) is 14.2. The third kappa shape index (κ3) is 3.14. The molecule has 104 valence electrons. The number of benzene rings is 1. The molecule has 1 amide bonds. The van der Waals surface area contributed by atoms with E-state index in [4.69, 9.17) is 0 Å². The smallest absolute Gasteiger partial charge is 0.226 e. The molecular weight excluding hydrogens is 240 g/mol. The molecule has 19 heavy (non-hydrogen) atoms. The number of nitrogens with zero attached hydrogens (tertiary/aromatic N) is 2. The monoisotopic (exact) mass is 262 g/mol. The van der Waals surface area contributed by atoms with Crippen LogP contribution in [0.2, 0.25) is 0 Å². The van der Waals surface area contributed by atoms with Crippen molar-refractivity contribution in [2.75, 3.05) is 18.0 Å². The van der Waals surface area contributed by atoms with Crippen LogP contribution in [0.1, 0.15) is 26.7 Å². The summed E-state index contributed by atoms with van der Waals surface area (Å²) >= 11 is 0. The van der Waals surface area contributed by atoms with Crippen molar-refractivity contribution < 1.29 is 10.0 Å². The normalized spacial score (nSPS) is 24.2. The van der Waals surface area contributed by atoms with E-state index >= 15 is 0 Å². The number of hydrogen-bond donors (Lipinski definition) is 1. The predicted molar refractivity (Wildman–Crippen MR) is 75.1 cm³/mol. The number of para-hydroxylation sites is 1. The van der Waals surface area contributed by atoms with E-state index in [0.29, 0.717) is 19.5 Å². The van der Waals surface area contributed by atoms with Crippen LogP contribution in [-0.2, 0) is 4.79 Å². The molecule has 1 saturated heterocycles. The minimum absolute atomic E-state index is 0.148. The first-order valence-electron chi connectivity index (χ1n) is 6.94. The maximum absolute atomic E-state index is 12.3. The van der Waals surface area contributed by atoms with Gasteiger partial charge in [-0.3, -0.25) is 4.79 Å². The van der Waals surface area contributed by atoms with Crippen molar-refractivity contribution in [2.24, 2.45) is 5.92 Å². The average molecular weight is 262 g/mol. The van der Waals surface area contributed by atoms with Gasteiger partial charge in [-0.05, 0) is 24.5 Å². The largest absolute Gasteiger partial charge is 0.314 e. The Morgan fingerprint density at radius 3 is 2.68 bits per heavy atom. The first kappa shape index (κ1) is 14.0. The molecule has 1 heterocycles. The van der Waals surface area contributed by atoms with Crippen molar-refractivity contribution in [1.82, 2.24) is 5.06 Å². The van der Waals surface area contributed by atoms with E-state index in [0.717, 1.165) is 12.1 Å². The number of rotatable bonds is 3. The molecule has 2 rings (SSSR count). The molecule has 0 saturated carbocycles. The second kappa shape index (κ2) is 6.17. The lowest BCUT2D eigenvalue weighted by molar-refractivity contribution is -0.127. The summed E-state index contributed by atoms with van der Waals surface area (Å²) in [6.45, 7) is 5.22. The van der Waals surface area contributed by atoms with Crippen molar-refractivity contribution in [3.63, 3.8) is 0 Å². The number of carbonyl (C=O) groups is 1. The molecule has 4 heteroatoms. The van der Waals surface area contributed by atoms with Crippen LogP contribution in [-0.4, -0.2) is 35.3 Å². The van der Waals surface area contributed by atoms with E-state index in [2.05, 4.69) is 6.92 Å². The van der Waals surface area contributed by atoms with Crippen LogP contribution in [0.3, 0.4) is 0 Å². The van der Waals surface area contributed by atoms with Gasteiger partial charge in [0.25, 0.3) is 0 Å². The Morgan fingerprint density at radius 1 is 1.42 bits per heavy atom. The van der Waals surface area contributed by atoms with Gasteiger partial charge in [-0.15, -0.1) is 0 Å². The highest BCUT2D eigenvalue weighted by Gasteiger charge is 2.33. The Balaban J connectivity index is 2.26. The lowest BCUT2D eigenvalue weighted by Gasteiger charge is -2.40. The van der Waals surface area contributed by atoms with Crippen LogP contribution in [0, 0.1) is 5.92 Å². The summed E-state index contributed by atoms with van der Waals surface area (Å²) in [5, 5.41) is 10.9. The van der Waals surface area contributed by atoms with Gasteiger partial charge in [0, 0.05) is 31.2 Å². The first-order valence-corrected chi connectivity index (χ1v) is 6.94. The van der Waals surface area contributed by atoms with Gasteiger partial charge in [-0.25, -0.2) is 0 Å². The SMILES string of the molecule is CCC(=O)N(c1ccccc1)C1CCN(O)CC1C. The quantitative estimate of drug-likeness (QED) is 0.910. The van der Waals surface area contributed by atoms with Gasteiger partial charge in [0.1, 0.15) is 0 Å². The zero-order chi connectivity index (χ0) is 13.8. The van der Waals surface area contributed by atoms with E-state index in [9.17, 15) is 10.0 Å². The standard InChI is InChI=1S/C15H22N2O2/c1-3-15(18)17(13-7-5-4-6-8-13)14-9-10-16(19)11-12(14)2/h4-8,12,14,19H,3,9-11H2,1-2H3. The van der Waals surface area contributed by atoms with E-state index in [1.54, 1.807) is 0 Å². The molecule has 0 bridgehead atoms. The maximum Gasteiger partial charge on any atom is 0.226 e. The average Bonchev–Trinajstić information content (AvgIpc) is 2.42. The van der Waals surface area contributed by atoms with Gasteiger partial charge in [-0.1, -0.05) is 32.0 Å². The molecule has 0 radical (unpaired) electrons. The molecule has 0 aromatic heterocycles. The highest BCUT2D eigenvalue weighted by Crippen LogP contribution is 2.27. The number of piperidine rings is 1. The summed E-state index contributed by atoms with van der Waals surface area (Å²) in [5.74, 6) is 0.406. The second-order valence-electron chi connectivity index (χ2n) is 5.20. The second-order valence-corrected chi connectivity index (χ2v) is 5.20. The van der Waals surface area contributed by atoms with Crippen molar-refractivity contribution in [3.05, 3.63) is 30.3 Å². The summed E-state index contributed by atoms with van der Waals surface area (Å²) < 4.78 is 0. The zero-order valence-corrected chi connectivity index (χ0v) is 11.6. The Hall–Kier alpha value is -1.39. The van der Waals surface area contributed by atoms with Crippen LogP contribution < -0.4 is 4.90 Å². The van der Waals surface area contributed by atoms with E-state index < -0.39 is 0 Å². The third-order valence-corrected chi connectivity index (χ3v) is 3.78. The molecule has 2 unspecified atom stereocenters. The summed E-state index contributed by atoms with van der Waals surface area (Å²) in [5.41, 5.74) is 0.956. The molecule has 2 atom stereocenters. The third-order valence-electron chi connectivity index (χ3n) is 3.78. The Kier molecular flexibility index (Phi) is 4.56. The number of amides is 1. The summed E-state index contributed by atoms with van der Waals surface area (Å²) in [6, 6.07) is 9.99. The number of hydroxylamine groups is 2. The topological polar surface area (TPSA) is 43.8 Å². The van der Waals surface area contributed by atoms with Crippen molar-refractivity contribution >= 4 is 11.6 Å². The van der Waals surface area contributed by atoms with Crippen molar-refractivity contribution in [2.45, 2.75) is 32.7 Å². The Labute approximate surface area is 114 Å². The molecule has 1 N–H and O–H groups in total. The molecule has 1 aromatic carbocycles. The Morgan fingerprint density at radius 2 is 2.11 bits per heavy atom. The number of hydrogen-bond acceptors (Lipinski definition) is 3. The van der Waals surface area contributed by atoms with Crippen LogP contribution in [0.25, 0.3) is 0 Å². The molecule has 0 aliphatic carbocycles. The fourth-order valence-electron chi connectivity index (χ4n) is 2.77. The summed E-state index contributed by atoms with van der Waals surface area (Å²) in [6.07, 6.45) is 1.30. The van der Waals surface area contributed by atoms with Crippen LogP contribution in [0.4, 0.5) is 5.69 Å². The molecule has 1 aliphatic rings. The van der Waals surface area contributed by atoms with Crippen LogP contribution in [0.5, 0.6) is 0 Å². The fourth-order valence-corrected chi connectivity index (χ4v) is 2.77. The van der Waals surface area contributed by atoms with E-state index in [1.807, 2.05) is 42.2 Å². The van der Waals surface area contributed by atoms with Gasteiger partial charge in [0.15, 0.2) is 0 Å². The highest BCUT2D eigenvalue weighted by atomic mass is 16.5. The van der Waals surface area contributed by atoms with Gasteiger partial charge < -0.3 is 10.1 Å². The lowest BCUT2D eigenvalue weighted by atomic mass is 9.92. The number of carbonyl (C=O) groups excluding carboxylic acids is 1. The lowest BCUT2D eigenvalue weighted by Crippen LogP contribution is -2.51. The zero-order valence-electron chi connectivity index (χ0n) is 11.6. The molecule has 1 fully saturated rings.